The van der Waals surface area contributed by atoms with Crippen molar-refractivity contribution in [2.75, 3.05) is 30.4 Å². The minimum absolute atomic E-state index is 0.758. The summed E-state index contributed by atoms with van der Waals surface area (Å²) in [5.41, 5.74) is 2.49. The Balaban J connectivity index is 2.12. The lowest BCUT2D eigenvalue weighted by molar-refractivity contribution is 0.445. The van der Waals surface area contributed by atoms with Crippen molar-refractivity contribution in [3.05, 3.63) is 30.0 Å². The molecule has 3 rings (SSSR count). The molecule has 0 amide bonds. The summed E-state index contributed by atoms with van der Waals surface area (Å²) in [4.78, 5) is 7.24. The third-order valence-corrected chi connectivity index (χ3v) is 4.57. The SMILES string of the molecule is CCc1ccc2c(NC)cnc(N3CCCC(C)C3)c2c1. The Morgan fingerprint density at radius 1 is 1.33 bits per heavy atom. The summed E-state index contributed by atoms with van der Waals surface area (Å²) in [7, 11) is 1.97. The molecule has 1 fully saturated rings. The number of rotatable bonds is 3. The van der Waals surface area contributed by atoms with Gasteiger partial charge in [-0.15, -0.1) is 0 Å². The molecular weight excluding hydrogens is 258 g/mol. The first-order valence-electron chi connectivity index (χ1n) is 8.07. The maximum atomic E-state index is 4.77. The van der Waals surface area contributed by atoms with E-state index in [1.165, 1.54) is 29.2 Å². The summed E-state index contributed by atoms with van der Waals surface area (Å²) in [6.07, 6.45) is 5.65. The van der Waals surface area contributed by atoms with Gasteiger partial charge in [0.15, 0.2) is 0 Å². The number of nitrogens with zero attached hydrogens (tertiary/aromatic N) is 2. The van der Waals surface area contributed by atoms with Crippen molar-refractivity contribution in [3.8, 4) is 0 Å². The smallest absolute Gasteiger partial charge is 0.136 e. The molecule has 1 aliphatic rings. The van der Waals surface area contributed by atoms with E-state index in [2.05, 4.69) is 42.3 Å². The van der Waals surface area contributed by atoms with Gasteiger partial charge in [-0.2, -0.15) is 0 Å². The van der Waals surface area contributed by atoms with Gasteiger partial charge in [0.25, 0.3) is 0 Å². The number of aryl methyl sites for hydroxylation is 1. The molecule has 0 saturated carbocycles. The first-order chi connectivity index (χ1) is 10.2. The topological polar surface area (TPSA) is 28.2 Å². The maximum absolute atomic E-state index is 4.77. The number of nitrogens with one attached hydrogen (secondary N) is 1. The summed E-state index contributed by atoms with van der Waals surface area (Å²) >= 11 is 0. The average Bonchev–Trinajstić information content (AvgIpc) is 2.53. The first-order valence-corrected chi connectivity index (χ1v) is 8.07. The standard InChI is InChI=1S/C18H25N3/c1-4-14-7-8-15-16(10-14)18(20-11-17(15)19-3)21-9-5-6-13(2)12-21/h7-8,10-11,13,19H,4-6,9,12H2,1-3H3. The Morgan fingerprint density at radius 3 is 2.90 bits per heavy atom. The molecule has 0 spiro atoms. The van der Waals surface area contributed by atoms with Crippen LogP contribution in [-0.2, 0) is 6.42 Å². The van der Waals surface area contributed by atoms with Gasteiger partial charge in [0.2, 0.25) is 0 Å². The highest BCUT2D eigenvalue weighted by Gasteiger charge is 2.20. The molecule has 3 heteroatoms. The van der Waals surface area contributed by atoms with Crippen LogP contribution >= 0.6 is 0 Å². The lowest BCUT2D eigenvalue weighted by Crippen LogP contribution is -2.34. The van der Waals surface area contributed by atoms with Crippen LogP contribution in [0.3, 0.4) is 0 Å². The second kappa shape index (κ2) is 5.92. The highest BCUT2D eigenvalue weighted by Crippen LogP contribution is 2.33. The molecule has 0 radical (unpaired) electrons. The van der Waals surface area contributed by atoms with Crippen LogP contribution < -0.4 is 10.2 Å². The molecule has 1 aromatic heterocycles. The minimum Gasteiger partial charge on any atom is -0.386 e. The highest BCUT2D eigenvalue weighted by molar-refractivity contribution is 6.00. The number of hydrogen-bond donors (Lipinski definition) is 1. The molecule has 3 nitrogen and oxygen atoms in total. The van der Waals surface area contributed by atoms with Gasteiger partial charge < -0.3 is 10.2 Å². The summed E-state index contributed by atoms with van der Waals surface area (Å²) in [6.45, 7) is 6.80. The number of pyridine rings is 1. The van der Waals surface area contributed by atoms with E-state index in [9.17, 15) is 0 Å². The van der Waals surface area contributed by atoms with E-state index in [0.717, 1.165) is 36.9 Å². The van der Waals surface area contributed by atoms with Crippen LogP contribution in [0.4, 0.5) is 11.5 Å². The summed E-state index contributed by atoms with van der Waals surface area (Å²) in [5, 5.41) is 5.83. The molecule has 1 unspecified atom stereocenters. The van der Waals surface area contributed by atoms with Gasteiger partial charge in [0.1, 0.15) is 5.82 Å². The van der Waals surface area contributed by atoms with Gasteiger partial charge in [0.05, 0.1) is 11.9 Å². The van der Waals surface area contributed by atoms with Crippen molar-refractivity contribution in [2.24, 2.45) is 5.92 Å². The van der Waals surface area contributed by atoms with E-state index < -0.39 is 0 Å². The van der Waals surface area contributed by atoms with Crippen LogP contribution in [0.5, 0.6) is 0 Å². The predicted octanol–water partition coefficient (Wildman–Crippen LogP) is 4.08. The average molecular weight is 283 g/mol. The van der Waals surface area contributed by atoms with Crippen molar-refractivity contribution in [1.29, 1.82) is 0 Å². The zero-order chi connectivity index (χ0) is 14.8. The van der Waals surface area contributed by atoms with E-state index in [1.807, 2.05) is 13.2 Å². The van der Waals surface area contributed by atoms with Crippen molar-refractivity contribution in [2.45, 2.75) is 33.1 Å². The molecule has 0 bridgehead atoms. The van der Waals surface area contributed by atoms with E-state index in [-0.39, 0.29) is 0 Å². The van der Waals surface area contributed by atoms with Crippen LogP contribution in [-0.4, -0.2) is 25.1 Å². The Hall–Kier alpha value is -1.77. The van der Waals surface area contributed by atoms with E-state index in [1.54, 1.807) is 0 Å². The van der Waals surface area contributed by atoms with E-state index in [4.69, 9.17) is 4.98 Å². The van der Waals surface area contributed by atoms with Crippen LogP contribution in [0.15, 0.2) is 24.4 Å². The second-order valence-corrected chi connectivity index (χ2v) is 6.17. The molecule has 21 heavy (non-hydrogen) atoms. The number of fused-ring (bicyclic) bond motifs is 1. The number of anilines is 2. The monoisotopic (exact) mass is 283 g/mol. The van der Waals surface area contributed by atoms with Gasteiger partial charge in [-0.25, -0.2) is 4.98 Å². The van der Waals surface area contributed by atoms with Gasteiger partial charge in [-0.05, 0) is 36.8 Å². The molecule has 0 aliphatic carbocycles. The lowest BCUT2D eigenvalue weighted by Gasteiger charge is -2.32. The molecular formula is C18H25N3. The molecule has 2 aromatic rings. The Labute approximate surface area is 127 Å². The van der Waals surface area contributed by atoms with Crippen LogP contribution in [0, 0.1) is 5.92 Å². The van der Waals surface area contributed by atoms with Crippen molar-refractivity contribution < 1.29 is 0 Å². The maximum Gasteiger partial charge on any atom is 0.136 e. The quantitative estimate of drug-likeness (QED) is 0.920. The second-order valence-electron chi connectivity index (χ2n) is 6.17. The van der Waals surface area contributed by atoms with E-state index in [0.29, 0.717) is 0 Å². The molecule has 1 aliphatic heterocycles. The zero-order valence-corrected chi connectivity index (χ0v) is 13.3. The highest BCUT2D eigenvalue weighted by atomic mass is 15.2. The van der Waals surface area contributed by atoms with Gasteiger partial charge in [-0.1, -0.05) is 26.0 Å². The van der Waals surface area contributed by atoms with Gasteiger partial charge in [0, 0.05) is 30.9 Å². The molecule has 1 saturated heterocycles. The number of hydrogen-bond acceptors (Lipinski definition) is 3. The predicted molar refractivity (Wildman–Crippen MR) is 91.3 cm³/mol. The summed E-state index contributed by atoms with van der Waals surface area (Å²) < 4.78 is 0. The number of aromatic nitrogens is 1. The van der Waals surface area contributed by atoms with Crippen molar-refractivity contribution in [3.63, 3.8) is 0 Å². The lowest BCUT2D eigenvalue weighted by atomic mass is 9.99. The zero-order valence-electron chi connectivity index (χ0n) is 13.3. The fourth-order valence-electron chi connectivity index (χ4n) is 3.33. The van der Waals surface area contributed by atoms with Crippen LogP contribution in [0.1, 0.15) is 32.3 Å². The molecule has 2 heterocycles. The first kappa shape index (κ1) is 14.2. The Morgan fingerprint density at radius 2 is 2.19 bits per heavy atom. The Kier molecular flexibility index (Phi) is 4.00. The molecule has 1 N–H and O–H groups in total. The number of benzene rings is 1. The van der Waals surface area contributed by atoms with Crippen LogP contribution in [0.25, 0.3) is 10.8 Å². The third-order valence-electron chi connectivity index (χ3n) is 4.57. The fourth-order valence-corrected chi connectivity index (χ4v) is 3.33. The van der Waals surface area contributed by atoms with Gasteiger partial charge >= 0.3 is 0 Å². The molecule has 112 valence electrons. The van der Waals surface area contributed by atoms with Crippen molar-refractivity contribution >= 4 is 22.3 Å². The third kappa shape index (κ3) is 2.69. The summed E-state index contributed by atoms with van der Waals surface area (Å²) in [5.74, 6) is 1.92. The fraction of sp³-hybridized carbons (Fsp3) is 0.500. The molecule has 1 atom stereocenters. The largest absolute Gasteiger partial charge is 0.386 e. The number of piperidine rings is 1. The Bertz CT molecular complexity index is 636. The minimum atomic E-state index is 0.758. The van der Waals surface area contributed by atoms with E-state index >= 15 is 0 Å². The molecule has 1 aromatic carbocycles. The summed E-state index contributed by atoms with van der Waals surface area (Å²) in [6, 6.07) is 6.78. The normalized spacial score (nSPS) is 19.0. The van der Waals surface area contributed by atoms with Crippen molar-refractivity contribution in [1.82, 2.24) is 4.98 Å². The van der Waals surface area contributed by atoms with Crippen LogP contribution in [0.2, 0.25) is 0 Å². The van der Waals surface area contributed by atoms with Gasteiger partial charge in [-0.3, -0.25) is 0 Å².